The van der Waals surface area contributed by atoms with Crippen molar-refractivity contribution in [1.29, 1.82) is 0 Å². The predicted octanol–water partition coefficient (Wildman–Crippen LogP) is 3.39. The van der Waals surface area contributed by atoms with Gasteiger partial charge in [-0.05, 0) is 12.1 Å². The van der Waals surface area contributed by atoms with Crippen LogP contribution < -0.4 is 0 Å². The van der Waals surface area contributed by atoms with E-state index in [0.717, 1.165) is 12.1 Å². The molecule has 1 aromatic carbocycles. The molecule has 0 radical (unpaired) electrons. The van der Waals surface area contributed by atoms with Gasteiger partial charge in [0.05, 0.1) is 11.8 Å². The van der Waals surface area contributed by atoms with Crippen molar-refractivity contribution in [3.63, 3.8) is 0 Å². The lowest BCUT2D eigenvalue weighted by Gasteiger charge is -2.21. The van der Waals surface area contributed by atoms with Gasteiger partial charge in [0.1, 0.15) is 11.5 Å². The molecule has 2 nitrogen and oxygen atoms in total. The first-order valence-electron chi connectivity index (χ1n) is 5.28. The Morgan fingerprint density at radius 1 is 1.33 bits per heavy atom. The van der Waals surface area contributed by atoms with Gasteiger partial charge >= 0.3 is 0 Å². The van der Waals surface area contributed by atoms with E-state index >= 15 is 0 Å². The molecule has 0 bridgehead atoms. The molecule has 2 rings (SSSR count). The van der Waals surface area contributed by atoms with E-state index in [1.807, 2.05) is 0 Å². The van der Waals surface area contributed by atoms with Crippen LogP contribution in [0.2, 0.25) is 0 Å². The van der Waals surface area contributed by atoms with Crippen molar-refractivity contribution in [2.75, 3.05) is 12.4 Å². The van der Waals surface area contributed by atoms with E-state index in [1.165, 1.54) is 19.2 Å². The van der Waals surface area contributed by atoms with Crippen LogP contribution in [0, 0.1) is 5.82 Å². The number of hydrogen-bond donors (Lipinski definition) is 0. The highest BCUT2D eigenvalue weighted by Crippen LogP contribution is 2.41. The second-order valence-electron chi connectivity index (χ2n) is 4.13. The smallest absolute Gasteiger partial charge is 0.294 e. The molecule has 1 unspecified atom stereocenters. The number of alkyl halides is 3. The van der Waals surface area contributed by atoms with E-state index in [4.69, 9.17) is 4.74 Å². The number of methoxy groups -OCH3 is 1. The highest BCUT2D eigenvalue weighted by Gasteiger charge is 2.52. The van der Waals surface area contributed by atoms with Gasteiger partial charge in [0.15, 0.2) is 5.72 Å². The minimum absolute atomic E-state index is 0.177. The maximum atomic E-state index is 13.9. The van der Waals surface area contributed by atoms with Crippen LogP contribution in [-0.2, 0) is 4.74 Å². The Labute approximate surface area is 111 Å². The van der Waals surface area contributed by atoms with Crippen molar-refractivity contribution >= 4 is 21.6 Å². The molecule has 0 fully saturated rings. The van der Waals surface area contributed by atoms with Crippen LogP contribution in [-0.4, -0.2) is 29.8 Å². The summed E-state index contributed by atoms with van der Waals surface area (Å²) in [5.41, 5.74) is -1.40. The number of nitrogens with zero attached hydrogens (tertiary/aromatic N) is 1. The van der Waals surface area contributed by atoms with Crippen molar-refractivity contribution in [3.05, 3.63) is 35.6 Å². The van der Waals surface area contributed by atoms with E-state index < -0.39 is 23.9 Å². The fraction of sp³-hybridized carbons (Fsp3) is 0.417. The minimum atomic E-state index is -3.08. The first-order valence-corrected chi connectivity index (χ1v) is 6.40. The van der Waals surface area contributed by atoms with Crippen LogP contribution in [0.25, 0.3) is 0 Å². The molecule has 1 aromatic rings. The van der Waals surface area contributed by atoms with Crippen molar-refractivity contribution in [3.8, 4) is 0 Å². The summed E-state index contributed by atoms with van der Waals surface area (Å²) in [4.78, 5) is 3.98. The molecule has 1 aliphatic rings. The highest BCUT2D eigenvalue weighted by atomic mass is 79.9. The summed E-state index contributed by atoms with van der Waals surface area (Å²) in [6.07, 6.45) is -0.519. The van der Waals surface area contributed by atoms with E-state index in [-0.39, 0.29) is 16.6 Å². The summed E-state index contributed by atoms with van der Waals surface area (Å²) >= 11 is 3.13. The normalized spacial score (nSPS) is 26.2. The summed E-state index contributed by atoms with van der Waals surface area (Å²) in [6, 6.07) is 4.85. The van der Waals surface area contributed by atoms with E-state index in [2.05, 4.69) is 20.9 Å². The Morgan fingerprint density at radius 3 is 2.39 bits per heavy atom. The molecule has 0 aromatic heterocycles. The molecule has 18 heavy (non-hydrogen) atoms. The number of benzene rings is 1. The topological polar surface area (TPSA) is 21.6 Å². The van der Waals surface area contributed by atoms with E-state index in [9.17, 15) is 13.2 Å². The van der Waals surface area contributed by atoms with Crippen molar-refractivity contribution < 1.29 is 17.9 Å². The Morgan fingerprint density at radius 2 is 1.94 bits per heavy atom. The fourth-order valence-corrected chi connectivity index (χ4v) is 2.44. The van der Waals surface area contributed by atoms with Gasteiger partial charge in [-0.2, -0.15) is 8.78 Å². The van der Waals surface area contributed by atoms with Crippen molar-refractivity contribution in [2.24, 2.45) is 4.99 Å². The number of halogens is 4. The van der Waals surface area contributed by atoms with Gasteiger partial charge in [-0.25, -0.2) is 9.38 Å². The van der Waals surface area contributed by atoms with E-state index in [0.29, 0.717) is 0 Å². The minimum Gasteiger partial charge on any atom is -0.356 e. The van der Waals surface area contributed by atoms with Gasteiger partial charge in [0.2, 0.25) is 0 Å². The monoisotopic (exact) mass is 321 g/mol. The van der Waals surface area contributed by atoms with Crippen molar-refractivity contribution in [2.45, 2.75) is 18.1 Å². The van der Waals surface area contributed by atoms with Crippen LogP contribution in [0.4, 0.5) is 13.2 Å². The average molecular weight is 322 g/mol. The molecule has 0 N–H and O–H groups in total. The Bertz CT molecular complexity index is 469. The Balaban J connectivity index is 2.44. The van der Waals surface area contributed by atoms with Crippen LogP contribution in [0.3, 0.4) is 0 Å². The fourth-order valence-electron chi connectivity index (χ4n) is 1.89. The van der Waals surface area contributed by atoms with Crippen molar-refractivity contribution in [1.82, 2.24) is 0 Å². The first kappa shape index (κ1) is 13.5. The second kappa shape index (κ2) is 4.66. The average Bonchev–Trinajstić information content (AvgIpc) is 2.63. The number of rotatable bonds is 3. The molecule has 0 amide bonds. The summed E-state index contributed by atoms with van der Waals surface area (Å²) in [7, 11) is 1.34. The van der Waals surface area contributed by atoms with Crippen LogP contribution in [0.5, 0.6) is 0 Å². The highest BCUT2D eigenvalue weighted by molar-refractivity contribution is 9.09. The zero-order chi connectivity index (χ0) is 13.4. The maximum absolute atomic E-state index is 13.9. The molecule has 0 saturated carbocycles. The molecule has 1 heterocycles. The summed E-state index contributed by atoms with van der Waals surface area (Å²) in [5, 5.41) is 0.177. The second-order valence-corrected chi connectivity index (χ2v) is 4.69. The third kappa shape index (κ3) is 2.31. The molecule has 0 saturated heterocycles. The van der Waals surface area contributed by atoms with Gasteiger partial charge in [-0.15, -0.1) is 0 Å². The molecule has 6 heteroatoms. The third-order valence-corrected chi connectivity index (χ3v) is 3.74. The maximum Gasteiger partial charge on any atom is 0.294 e. The molecule has 98 valence electrons. The molecule has 0 aliphatic carbocycles. The molecule has 1 atom stereocenters. The van der Waals surface area contributed by atoms with Crippen LogP contribution >= 0.6 is 15.9 Å². The molecular formula is C12H11BrF3NO. The lowest BCUT2D eigenvalue weighted by atomic mass is 10.0. The quantitative estimate of drug-likeness (QED) is 0.782. The Kier molecular flexibility index (Phi) is 3.51. The van der Waals surface area contributed by atoms with Gasteiger partial charge < -0.3 is 4.74 Å². The SMILES string of the molecule is COC1(CBr)CC(F)(F)C(c2ccc(F)cc2)=N1. The zero-order valence-electron chi connectivity index (χ0n) is 9.59. The van der Waals surface area contributed by atoms with Crippen LogP contribution in [0.1, 0.15) is 12.0 Å². The van der Waals surface area contributed by atoms with Gasteiger partial charge in [-0.1, -0.05) is 28.1 Å². The Hall–Kier alpha value is -0.880. The number of ether oxygens (including phenoxy) is 1. The number of hydrogen-bond acceptors (Lipinski definition) is 2. The third-order valence-electron chi connectivity index (χ3n) is 2.87. The molecule has 0 spiro atoms. The largest absolute Gasteiger partial charge is 0.356 e. The van der Waals surface area contributed by atoms with Gasteiger partial charge in [0, 0.05) is 12.7 Å². The first-order chi connectivity index (χ1) is 8.42. The van der Waals surface area contributed by atoms with Gasteiger partial charge in [0.25, 0.3) is 5.92 Å². The molecule has 1 aliphatic heterocycles. The lowest BCUT2D eigenvalue weighted by molar-refractivity contribution is -0.0355. The summed E-state index contributed by atoms with van der Waals surface area (Å²) < 4.78 is 45.7. The van der Waals surface area contributed by atoms with Gasteiger partial charge in [-0.3, -0.25) is 0 Å². The van der Waals surface area contributed by atoms with Crippen LogP contribution in [0.15, 0.2) is 29.3 Å². The summed E-state index contributed by atoms with van der Waals surface area (Å²) in [5.74, 6) is -3.55. The standard InChI is InChI=1S/C12H11BrF3NO/c1-18-11(7-13)6-12(15,16)10(17-11)8-2-4-9(14)5-3-8/h2-5H,6-7H2,1H3. The number of aliphatic imine (C=N–C) groups is 1. The molecular weight excluding hydrogens is 311 g/mol. The summed E-state index contributed by atoms with van der Waals surface area (Å²) in [6.45, 7) is 0. The zero-order valence-corrected chi connectivity index (χ0v) is 11.2. The van der Waals surface area contributed by atoms with E-state index in [1.54, 1.807) is 0 Å². The lowest BCUT2D eigenvalue weighted by Crippen LogP contribution is -2.33. The predicted molar refractivity (Wildman–Crippen MR) is 66.0 cm³/mol.